The Labute approximate surface area is 115 Å². The van der Waals surface area contributed by atoms with Crippen LogP contribution in [-0.4, -0.2) is 13.1 Å². The summed E-state index contributed by atoms with van der Waals surface area (Å²) in [6.07, 6.45) is 4.84. The molecule has 1 aromatic rings. The molecule has 0 unspecified atom stereocenters. The van der Waals surface area contributed by atoms with Crippen molar-refractivity contribution < 1.29 is 4.39 Å². The van der Waals surface area contributed by atoms with Crippen LogP contribution in [0.1, 0.15) is 45.1 Å². The fraction of sp³-hybridized carbons (Fsp3) is 0.625. The highest BCUT2D eigenvalue weighted by Gasteiger charge is 2.29. The van der Waals surface area contributed by atoms with Crippen LogP contribution in [0.5, 0.6) is 0 Å². The van der Waals surface area contributed by atoms with E-state index < -0.39 is 0 Å². The predicted octanol–water partition coefficient (Wildman–Crippen LogP) is 4.12. The second-order valence-corrected chi connectivity index (χ2v) is 6.67. The van der Waals surface area contributed by atoms with Gasteiger partial charge >= 0.3 is 0 Å². The van der Waals surface area contributed by atoms with Gasteiger partial charge in [-0.2, -0.15) is 0 Å². The highest BCUT2D eigenvalue weighted by molar-refractivity contribution is 5.68. The van der Waals surface area contributed by atoms with Crippen LogP contribution in [0.25, 0.3) is 0 Å². The molecule has 1 fully saturated rings. The topological polar surface area (TPSA) is 29.3 Å². The van der Waals surface area contributed by atoms with E-state index in [0.29, 0.717) is 22.7 Å². The van der Waals surface area contributed by atoms with Gasteiger partial charge in [0.1, 0.15) is 5.82 Å². The standard InChI is InChI=1S/C16H25FN2/c1-11-9-15(14(18)10-13(11)17)19(4)12-5-7-16(2,3)8-6-12/h9-10,12H,5-8,18H2,1-4H3. The SMILES string of the molecule is Cc1cc(N(C)C2CCC(C)(C)CC2)c(N)cc1F. The number of nitrogens with two attached hydrogens (primary N) is 1. The van der Waals surface area contributed by atoms with Crippen LogP contribution >= 0.6 is 0 Å². The lowest BCUT2D eigenvalue weighted by atomic mass is 9.75. The summed E-state index contributed by atoms with van der Waals surface area (Å²) in [6.45, 7) is 6.45. The lowest BCUT2D eigenvalue weighted by molar-refractivity contribution is 0.222. The highest BCUT2D eigenvalue weighted by Crippen LogP contribution is 2.38. The van der Waals surface area contributed by atoms with Crippen LogP contribution < -0.4 is 10.6 Å². The average molecular weight is 264 g/mol. The van der Waals surface area contributed by atoms with Crippen molar-refractivity contribution in [1.29, 1.82) is 0 Å². The second kappa shape index (κ2) is 5.03. The maximum absolute atomic E-state index is 13.5. The summed E-state index contributed by atoms with van der Waals surface area (Å²) >= 11 is 0. The molecule has 0 heterocycles. The van der Waals surface area contributed by atoms with Crippen LogP contribution in [0.4, 0.5) is 15.8 Å². The number of anilines is 2. The number of aryl methyl sites for hydroxylation is 1. The Kier molecular flexibility index (Phi) is 3.75. The van der Waals surface area contributed by atoms with Gasteiger partial charge in [-0.3, -0.25) is 0 Å². The molecule has 0 bridgehead atoms. The monoisotopic (exact) mass is 264 g/mol. The van der Waals surface area contributed by atoms with Crippen molar-refractivity contribution in [3.63, 3.8) is 0 Å². The first-order chi connectivity index (χ1) is 8.80. The molecule has 0 amide bonds. The number of benzene rings is 1. The van der Waals surface area contributed by atoms with E-state index in [2.05, 4.69) is 25.8 Å². The smallest absolute Gasteiger partial charge is 0.128 e. The summed E-state index contributed by atoms with van der Waals surface area (Å²) in [7, 11) is 2.08. The number of rotatable bonds is 2. The third kappa shape index (κ3) is 3.02. The summed E-state index contributed by atoms with van der Waals surface area (Å²) < 4.78 is 13.5. The fourth-order valence-corrected chi connectivity index (χ4v) is 2.96. The first-order valence-corrected chi connectivity index (χ1v) is 7.08. The molecule has 2 N–H and O–H groups in total. The Morgan fingerprint density at radius 3 is 2.42 bits per heavy atom. The van der Waals surface area contributed by atoms with Crippen LogP contribution in [0.3, 0.4) is 0 Å². The van der Waals surface area contributed by atoms with Crippen molar-refractivity contribution in [2.75, 3.05) is 17.7 Å². The molecular formula is C16H25FN2. The second-order valence-electron chi connectivity index (χ2n) is 6.67. The molecule has 1 saturated carbocycles. The lowest BCUT2D eigenvalue weighted by Gasteiger charge is -2.40. The summed E-state index contributed by atoms with van der Waals surface area (Å²) in [6, 6.07) is 3.82. The number of hydrogen-bond acceptors (Lipinski definition) is 2. The molecule has 1 aromatic carbocycles. The summed E-state index contributed by atoms with van der Waals surface area (Å²) in [5, 5.41) is 0. The summed E-state index contributed by atoms with van der Waals surface area (Å²) in [4.78, 5) is 2.23. The normalized spacial score (nSPS) is 19.4. The van der Waals surface area contributed by atoms with Gasteiger partial charge in [0.15, 0.2) is 0 Å². The largest absolute Gasteiger partial charge is 0.397 e. The lowest BCUT2D eigenvalue weighted by Crippen LogP contribution is -2.37. The number of hydrogen-bond donors (Lipinski definition) is 1. The van der Waals surface area contributed by atoms with Gasteiger partial charge in [0.05, 0.1) is 11.4 Å². The number of halogens is 1. The molecule has 0 radical (unpaired) electrons. The summed E-state index contributed by atoms with van der Waals surface area (Å²) in [5.41, 5.74) is 8.59. The van der Waals surface area contributed by atoms with Gasteiger partial charge in [0.25, 0.3) is 0 Å². The molecule has 3 heteroatoms. The maximum atomic E-state index is 13.5. The first kappa shape index (κ1) is 14.2. The third-order valence-corrected chi connectivity index (χ3v) is 4.54. The fourth-order valence-electron chi connectivity index (χ4n) is 2.96. The summed E-state index contributed by atoms with van der Waals surface area (Å²) in [5.74, 6) is -0.223. The molecule has 0 saturated heterocycles. The highest BCUT2D eigenvalue weighted by atomic mass is 19.1. The van der Waals surface area contributed by atoms with E-state index in [9.17, 15) is 4.39 Å². The van der Waals surface area contributed by atoms with Crippen molar-refractivity contribution in [1.82, 2.24) is 0 Å². The quantitative estimate of drug-likeness (QED) is 0.814. The van der Waals surface area contributed by atoms with Crippen molar-refractivity contribution in [2.24, 2.45) is 5.41 Å². The number of nitrogen functional groups attached to an aromatic ring is 1. The maximum Gasteiger partial charge on any atom is 0.128 e. The molecule has 2 rings (SSSR count). The minimum absolute atomic E-state index is 0.223. The molecule has 0 aliphatic heterocycles. The Hall–Kier alpha value is -1.25. The Morgan fingerprint density at radius 2 is 1.84 bits per heavy atom. The zero-order chi connectivity index (χ0) is 14.2. The molecule has 106 valence electrons. The molecular weight excluding hydrogens is 239 g/mol. The van der Waals surface area contributed by atoms with Gasteiger partial charge in [-0.05, 0) is 55.7 Å². The van der Waals surface area contributed by atoms with E-state index in [1.54, 1.807) is 6.92 Å². The van der Waals surface area contributed by atoms with Crippen molar-refractivity contribution >= 4 is 11.4 Å². The molecule has 1 aliphatic rings. The van der Waals surface area contributed by atoms with E-state index in [4.69, 9.17) is 5.73 Å². The van der Waals surface area contributed by atoms with Crippen LogP contribution in [0.15, 0.2) is 12.1 Å². The number of nitrogens with zero attached hydrogens (tertiary/aromatic N) is 1. The molecule has 19 heavy (non-hydrogen) atoms. The van der Waals surface area contributed by atoms with Crippen molar-refractivity contribution in [2.45, 2.75) is 52.5 Å². The molecule has 0 spiro atoms. The average Bonchev–Trinajstić information content (AvgIpc) is 2.33. The first-order valence-electron chi connectivity index (χ1n) is 7.08. The molecule has 2 nitrogen and oxygen atoms in total. The van der Waals surface area contributed by atoms with Crippen LogP contribution in [0, 0.1) is 18.2 Å². The van der Waals surface area contributed by atoms with Gasteiger partial charge in [0.2, 0.25) is 0 Å². The Balaban J connectivity index is 2.16. The Morgan fingerprint density at radius 1 is 1.26 bits per heavy atom. The Bertz CT molecular complexity index is 458. The van der Waals surface area contributed by atoms with Gasteiger partial charge in [-0.1, -0.05) is 13.8 Å². The van der Waals surface area contributed by atoms with Gasteiger partial charge in [0, 0.05) is 13.1 Å². The molecule has 1 aliphatic carbocycles. The zero-order valence-electron chi connectivity index (χ0n) is 12.5. The van der Waals surface area contributed by atoms with Crippen molar-refractivity contribution in [3.8, 4) is 0 Å². The van der Waals surface area contributed by atoms with E-state index in [0.717, 1.165) is 5.69 Å². The van der Waals surface area contributed by atoms with Gasteiger partial charge in [-0.15, -0.1) is 0 Å². The van der Waals surface area contributed by atoms with E-state index in [1.165, 1.54) is 31.7 Å². The van der Waals surface area contributed by atoms with Crippen molar-refractivity contribution in [3.05, 3.63) is 23.5 Å². The van der Waals surface area contributed by atoms with Gasteiger partial charge in [-0.25, -0.2) is 4.39 Å². The molecule has 0 aromatic heterocycles. The van der Waals surface area contributed by atoms with Crippen LogP contribution in [-0.2, 0) is 0 Å². The van der Waals surface area contributed by atoms with Crippen LogP contribution in [0.2, 0.25) is 0 Å². The van der Waals surface area contributed by atoms with E-state index in [1.807, 2.05) is 6.07 Å². The molecule has 0 atom stereocenters. The predicted molar refractivity (Wildman–Crippen MR) is 80.0 cm³/mol. The van der Waals surface area contributed by atoms with E-state index >= 15 is 0 Å². The minimum Gasteiger partial charge on any atom is -0.397 e. The minimum atomic E-state index is -0.223. The van der Waals surface area contributed by atoms with E-state index in [-0.39, 0.29) is 5.82 Å². The van der Waals surface area contributed by atoms with Gasteiger partial charge < -0.3 is 10.6 Å². The zero-order valence-corrected chi connectivity index (χ0v) is 12.5. The third-order valence-electron chi connectivity index (χ3n) is 4.54.